The zero-order chi connectivity index (χ0) is 9.97. The number of nitrogens with two attached hydrogens (primary N) is 1. The van der Waals surface area contributed by atoms with Crippen LogP contribution in [-0.2, 0) is 4.79 Å². The number of benzene rings is 1. The van der Waals surface area contributed by atoms with E-state index in [1.54, 1.807) is 6.08 Å². The second kappa shape index (κ2) is 3.46. The van der Waals surface area contributed by atoms with Crippen LogP contribution in [0.4, 0.5) is 0 Å². The van der Waals surface area contributed by atoms with E-state index in [1.807, 2.05) is 30.3 Å². The highest BCUT2D eigenvalue weighted by Crippen LogP contribution is 2.11. The zero-order valence-corrected chi connectivity index (χ0v) is 7.60. The van der Waals surface area contributed by atoms with Crippen molar-refractivity contribution < 1.29 is 4.79 Å². The molecule has 1 aromatic carbocycles. The van der Waals surface area contributed by atoms with E-state index in [2.05, 4.69) is 4.99 Å². The molecule has 0 fully saturated rings. The van der Waals surface area contributed by atoms with Crippen molar-refractivity contribution >= 4 is 11.6 Å². The number of primary amides is 1. The molecule has 1 aliphatic heterocycles. The second-order valence-corrected chi connectivity index (χ2v) is 3.10. The molecule has 70 valence electrons. The summed E-state index contributed by atoms with van der Waals surface area (Å²) in [5.41, 5.74) is 7.58. The van der Waals surface area contributed by atoms with Gasteiger partial charge in [-0.25, -0.2) is 0 Å². The van der Waals surface area contributed by atoms with Gasteiger partial charge in [-0.05, 0) is 11.6 Å². The smallest absolute Gasteiger partial charge is 0.246 e. The molecular formula is C11H10N2O. The Balaban J connectivity index is 2.28. The fourth-order valence-electron chi connectivity index (χ4n) is 1.36. The van der Waals surface area contributed by atoms with E-state index in [9.17, 15) is 4.79 Å². The molecule has 0 unspecified atom stereocenters. The molecule has 0 aromatic heterocycles. The summed E-state index contributed by atoms with van der Waals surface area (Å²) in [4.78, 5) is 15.1. The monoisotopic (exact) mass is 186 g/mol. The highest BCUT2D eigenvalue weighted by Gasteiger charge is 2.13. The molecule has 1 heterocycles. The number of rotatable bonds is 2. The lowest BCUT2D eigenvalue weighted by molar-refractivity contribution is -0.114. The molecule has 2 rings (SSSR count). The number of aliphatic imine (C=N–C) groups is 1. The Kier molecular flexibility index (Phi) is 2.14. The van der Waals surface area contributed by atoms with Crippen molar-refractivity contribution in [3.05, 3.63) is 47.5 Å². The van der Waals surface area contributed by atoms with E-state index < -0.39 is 0 Å². The van der Waals surface area contributed by atoms with Gasteiger partial charge < -0.3 is 5.73 Å². The topological polar surface area (TPSA) is 55.5 Å². The molecule has 1 aliphatic rings. The lowest BCUT2D eigenvalue weighted by Gasteiger charge is -1.95. The van der Waals surface area contributed by atoms with Crippen molar-refractivity contribution in [2.45, 2.75) is 0 Å². The van der Waals surface area contributed by atoms with Crippen LogP contribution in [0.3, 0.4) is 0 Å². The van der Waals surface area contributed by atoms with Crippen molar-refractivity contribution in [1.29, 1.82) is 0 Å². The Morgan fingerprint density at radius 2 is 2.00 bits per heavy atom. The predicted octanol–water partition coefficient (Wildman–Crippen LogP) is 0.901. The van der Waals surface area contributed by atoms with Crippen LogP contribution in [0.2, 0.25) is 0 Å². The molecule has 0 bridgehead atoms. The molecule has 1 amide bonds. The maximum atomic E-state index is 10.9. The van der Waals surface area contributed by atoms with Crippen LogP contribution < -0.4 is 5.73 Å². The number of amides is 1. The predicted molar refractivity (Wildman–Crippen MR) is 55.1 cm³/mol. The Morgan fingerprint density at radius 1 is 1.29 bits per heavy atom. The summed E-state index contributed by atoms with van der Waals surface area (Å²) < 4.78 is 0. The summed E-state index contributed by atoms with van der Waals surface area (Å²) in [6.45, 7) is 0.402. The summed E-state index contributed by atoms with van der Waals surface area (Å²) in [5.74, 6) is -0.389. The quantitative estimate of drug-likeness (QED) is 0.733. The van der Waals surface area contributed by atoms with Gasteiger partial charge in [-0.3, -0.25) is 9.79 Å². The van der Waals surface area contributed by atoms with Crippen LogP contribution in [0.5, 0.6) is 0 Å². The molecule has 0 atom stereocenters. The van der Waals surface area contributed by atoms with Gasteiger partial charge in [0.1, 0.15) is 0 Å². The fourth-order valence-corrected chi connectivity index (χ4v) is 1.36. The Labute approximate surface area is 82.0 Å². The first-order valence-electron chi connectivity index (χ1n) is 4.37. The SMILES string of the molecule is NC(=O)C1=CC(c2ccccc2)=NC1. The fraction of sp³-hybridized carbons (Fsp3) is 0.0909. The van der Waals surface area contributed by atoms with Crippen LogP contribution in [0.25, 0.3) is 0 Å². The number of carbonyl (C=O) groups is 1. The first-order chi connectivity index (χ1) is 6.77. The normalized spacial score (nSPS) is 14.9. The zero-order valence-electron chi connectivity index (χ0n) is 7.60. The van der Waals surface area contributed by atoms with E-state index in [0.717, 1.165) is 11.3 Å². The van der Waals surface area contributed by atoms with Crippen molar-refractivity contribution in [3.63, 3.8) is 0 Å². The number of carbonyl (C=O) groups excluding carboxylic acids is 1. The molecule has 0 saturated heterocycles. The van der Waals surface area contributed by atoms with Gasteiger partial charge >= 0.3 is 0 Å². The minimum Gasteiger partial charge on any atom is -0.366 e. The molecule has 0 radical (unpaired) electrons. The molecule has 2 N–H and O–H groups in total. The summed E-state index contributed by atoms with van der Waals surface area (Å²) in [6, 6.07) is 9.73. The Bertz CT molecular complexity index is 418. The second-order valence-electron chi connectivity index (χ2n) is 3.10. The number of nitrogens with zero attached hydrogens (tertiary/aromatic N) is 1. The molecule has 3 nitrogen and oxygen atoms in total. The Hall–Kier alpha value is -1.90. The van der Waals surface area contributed by atoms with Gasteiger partial charge in [-0.15, -0.1) is 0 Å². The highest BCUT2D eigenvalue weighted by molar-refractivity contribution is 6.14. The number of hydrogen-bond donors (Lipinski definition) is 1. The maximum Gasteiger partial charge on any atom is 0.246 e. The molecule has 0 saturated carbocycles. The number of allylic oxidation sites excluding steroid dienone is 1. The van der Waals surface area contributed by atoms with Crippen LogP contribution in [0.1, 0.15) is 5.56 Å². The molecule has 14 heavy (non-hydrogen) atoms. The van der Waals surface area contributed by atoms with E-state index in [-0.39, 0.29) is 5.91 Å². The van der Waals surface area contributed by atoms with Crippen molar-refractivity contribution in [2.24, 2.45) is 10.7 Å². The third kappa shape index (κ3) is 1.57. The lowest BCUT2D eigenvalue weighted by Crippen LogP contribution is -2.14. The minimum absolute atomic E-state index is 0.389. The molecule has 1 aromatic rings. The third-order valence-electron chi connectivity index (χ3n) is 2.12. The van der Waals surface area contributed by atoms with E-state index in [1.165, 1.54) is 0 Å². The van der Waals surface area contributed by atoms with Crippen LogP contribution in [-0.4, -0.2) is 18.2 Å². The molecule has 3 heteroatoms. The average Bonchev–Trinajstić information content (AvgIpc) is 2.68. The van der Waals surface area contributed by atoms with Gasteiger partial charge in [0.2, 0.25) is 5.91 Å². The lowest BCUT2D eigenvalue weighted by atomic mass is 10.1. The summed E-state index contributed by atoms with van der Waals surface area (Å²) in [6.07, 6.45) is 1.75. The maximum absolute atomic E-state index is 10.9. The van der Waals surface area contributed by atoms with E-state index in [0.29, 0.717) is 12.1 Å². The largest absolute Gasteiger partial charge is 0.366 e. The summed E-state index contributed by atoms with van der Waals surface area (Å²) in [5, 5.41) is 0. The van der Waals surface area contributed by atoms with E-state index in [4.69, 9.17) is 5.73 Å². The van der Waals surface area contributed by atoms with Gasteiger partial charge in [0.25, 0.3) is 0 Å². The van der Waals surface area contributed by atoms with Crippen molar-refractivity contribution in [3.8, 4) is 0 Å². The minimum atomic E-state index is -0.389. The van der Waals surface area contributed by atoms with Gasteiger partial charge in [0, 0.05) is 5.57 Å². The van der Waals surface area contributed by atoms with Crippen LogP contribution in [0, 0.1) is 0 Å². The first kappa shape index (κ1) is 8.69. The highest BCUT2D eigenvalue weighted by atomic mass is 16.1. The van der Waals surface area contributed by atoms with Crippen molar-refractivity contribution in [2.75, 3.05) is 6.54 Å². The van der Waals surface area contributed by atoms with Gasteiger partial charge in [0.05, 0.1) is 12.3 Å². The van der Waals surface area contributed by atoms with E-state index >= 15 is 0 Å². The Morgan fingerprint density at radius 3 is 2.57 bits per heavy atom. The number of hydrogen-bond acceptors (Lipinski definition) is 2. The standard InChI is InChI=1S/C11H10N2O/c12-11(14)9-6-10(13-7-9)8-4-2-1-3-5-8/h1-6H,7H2,(H2,12,14). The summed E-state index contributed by atoms with van der Waals surface area (Å²) in [7, 11) is 0. The first-order valence-corrected chi connectivity index (χ1v) is 4.37. The molecule has 0 aliphatic carbocycles. The van der Waals surface area contributed by atoms with Gasteiger partial charge in [-0.2, -0.15) is 0 Å². The van der Waals surface area contributed by atoms with Crippen LogP contribution in [0.15, 0.2) is 47.0 Å². The van der Waals surface area contributed by atoms with Crippen LogP contribution >= 0.6 is 0 Å². The molecular weight excluding hydrogens is 176 g/mol. The summed E-state index contributed by atoms with van der Waals surface area (Å²) >= 11 is 0. The third-order valence-corrected chi connectivity index (χ3v) is 2.12. The molecule has 0 spiro atoms. The average molecular weight is 186 g/mol. The van der Waals surface area contributed by atoms with Gasteiger partial charge in [-0.1, -0.05) is 30.3 Å². The van der Waals surface area contributed by atoms with Gasteiger partial charge in [0.15, 0.2) is 0 Å². The van der Waals surface area contributed by atoms with Crippen molar-refractivity contribution in [1.82, 2.24) is 0 Å².